The molecule has 0 saturated carbocycles. The summed E-state index contributed by atoms with van der Waals surface area (Å²) < 4.78 is 64.8. The molecular weight excluding hydrogens is 1150 g/mol. The topological polar surface area (TPSA) is 579 Å². The van der Waals surface area contributed by atoms with Crippen molar-refractivity contribution in [1.82, 2.24) is 21.3 Å². The number of ether oxygens (including phenoxy) is 11. The minimum atomic E-state index is -3.02. The molecule has 37 nitrogen and oxygen atoms in total. The Morgan fingerprint density at radius 2 is 0.976 bits per heavy atom. The molecule has 6 aliphatic heterocycles. The maximum absolute atomic E-state index is 12.9. The predicted molar refractivity (Wildman–Crippen MR) is 261 cm³/mol. The molecule has 0 radical (unpaired) electrons. The lowest BCUT2D eigenvalue weighted by Gasteiger charge is -2.51. The Labute approximate surface area is 476 Å². The molecule has 6 heterocycles. The van der Waals surface area contributed by atoms with Crippen molar-refractivity contribution in [2.75, 3.05) is 33.0 Å². The standard InChI is InChI=1S/C47H78N4O33/c1-12-27(62)34(69)35(70)44(75-12)83-40-39(82-42-24(49-14(3)57)32(67)29(64)19(8-53)77-42)30(65)20(9-54)78-45(40)80-36-21(10-55)79-43(25(33(36)68)50-15(4)58)81-37-26(51-16(5)59)41(71)76-22(31(37)66)11-74-47(46(72)73)6-17(60)23(48-13(2)56)38(84-47)28(63)18(61)7-52/h12,17-45,52-55,60-71H,6-11H2,1-5H3,(H,48,56)(H,49,57)(H,50,58)(H,51,59)(H,72,73)/t12-,17-,18+,19+,20+,21+,22+,23+,24+,25+,26+,27+,28+,29-,30-,31-,32+,33+,34+,35-,36+,37+,38+,39-,40+,41-,42+,43-,44-,45-,47+/m0/s1. The van der Waals surface area contributed by atoms with Crippen molar-refractivity contribution in [3.63, 3.8) is 0 Å². The van der Waals surface area contributed by atoms with Gasteiger partial charge in [-0.05, 0) is 6.92 Å². The SMILES string of the molecule is CC(=O)N[C@@H]1[C@@H](O[C@@H]2O[C@H](CO)[C@@H](O[C@@H]3O[C@H](CO)[C@H](O)[C@H](O[C@H]4O[C@H](CO)[C@H](O)[C@H](O)[C@H]4NC(C)=O)[C@H]3O[C@@H]3O[C@@H](C)[C@@H](O)[C@@H](O)[C@@H]3O)[C@H](O)[C@H]2NC(C)=O)[C@@H](O)[C@@H](CO[C@]2(C(=O)O)C[C@H](O)[C@@H](NC(C)=O)[C@H]([C@H](O)[C@H](O)CO)O2)O[C@@H]1O. The van der Waals surface area contributed by atoms with E-state index in [1.54, 1.807) is 0 Å². The summed E-state index contributed by atoms with van der Waals surface area (Å²) in [6, 6.07) is -7.06. The van der Waals surface area contributed by atoms with Crippen molar-refractivity contribution in [2.45, 2.75) is 231 Å². The minimum absolute atomic E-state index is 0.799. The van der Waals surface area contributed by atoms with E-state index in [0.717, 1.165) is 27.7 Å². The molecule has 6 saturated heterocycles. The zero-order chi connectivity index (χ0) is 62.6. The molecule has 37 heteroatoms. The molecule has 31 atom stereocenters. The third-order valence-corrected chi connectivity index (χ3v) is 15.0. The Morgan fingerprint density at radius 3 is 1.52 bits per heavy atom. The fourth-order valence-corrected chi connectivity index (χ4v) is 10.6. The Morgan fingerprint density at radius 1 is 0.500 bits per heavy atom. The highest BCUT2D eigenvalue weighted by Crippen LogP contribution is 2.39. The summed E-state index contributed by atoms with van der Waals surface area (Å²) in [5, 5.41) is 195. The molecule has 484 valence electrons. The van der Waals surface area contributed by atoms with Crippen molar-refractivity contribution in [3.8, 4) is 0 Å². The van der Waals surface area contributed by atoms with Crippen LogP contribution < -0.4 is 21.3 Å². The predicted octanol–water partition coefficient (Wildman–Crippen LogP) is -13.3. The normalized spacial score (nSPS) is 45.3. The number of carbonyl (C=O) groups excluding carboxylic acids is 4. The summed E-state index contributed by atoms with van der Waals surface area (Å²) >= 11 is 0. The van der Waals surface area contributed by atoms with Gasteiger partial charge in [0, 0.05) is 34.1 Å². The van der Waals surface area contributed by atoms with E-state index in [1.165, 1.54) is 6.92 Å². The summed E-state index contributed by atoms with van der Waals surface area (Å²) in [4.78, 5) is 62.9. The maximum atomic E-state index is 12.9. The van der Waals surface area contributed by atoms with E-state index in [2.05, 4.69) is 21.3 Å². The first kappa shape index (κ1) is 69.4. The van der Waals surface area contributed by atoms with Crippen LogP contribution in [-0.2, 0) is 76.1 Å². The van der Waals surface area contributed by atoms with Gasteiger partial charge in [0.05, 0.1) is 51.3 Å². The lowest BCUT2D eigenvalue weighted by atomic mass is 9.88. The number of amides is 4. The quantitative estimate of drug-likeness (QED) is 0.0479. The second kappa shape index (κ2) is 29.5. The number of aliphatic hydroxyl groups excluding tert-OH is 16. The van der Waals surface area contributed by atoms with Gasteiger partial charge in [0.15, 0.2) is 31.5 Å². The Hall–Kier alpha value is -3.73. The number of carbonyl (C=O) groups is 5. The lowest BCUT2D eigenvalue weighted by molar-refractivity contribution is -0.400. The maximum Gasteiger partial charge on any atom is 0.364 e. The molecule has 84 heavy (non-hydrogen) atoms. The minimum Gasteiger partial charge on any atom is -0.477 e. The van der Waals surface area contributed by atoms with Crippen LogP contribution in [0.3, 0.4) is 0 Å². The highest BCUT2D eigenvalue weighted by atomic mass is 16.8. The monoisotopic (exact) mass is 1230 g/mol. The van der Waals surface area contributed by atoms with E-state index < -0.39 is 259 Å². The van der Waals surface area contributed by atoms with E-state index in [0.29, 0.717) is 0 Å². The van der Waals surface area contributed by atoms with Gasteiger partial charge in [-0.15, -0.1) is 0 Å². The van der Waals surface area contributed by atoms with Gasteiger partial charge >= 0.3 is 5.97 Å². The van der Waals surface area contributed by atoms with E-state index in [4.69, 9.17) is 52.1 Å². The first-order valence-electron chi connectivity index (χ1n) is 26.6. The molecule has 0 unspecified atom stereocenters. The average Bonchev–Trinajstić information content (AvgIpc) is 3.61. The van der Waals surface area contributed by atoms with E-state index in [9.17, 15) is 111 Å². The number of carboxylic acid groups (broad SMARTS) is 1. The van der Waals surface area contributed by atoms with Gasteiger partial charge in [-0.1, -0.05) is 0 Å². The van der Waals surface area contributed by atoms with Gasteiger partial charge in [0.25, 0.3) is 5.79 Å². The van der Waals surface area contributed by atoms with Gasteiger partial charge in [-0.2, -0.15) is 0 Å². The van der Waals surface area contributed by atoms with Gasteiger partial charge in [0.2, 0.25) is 23.6 Å². The molecule has 21 N–H and O–H groups in total. The van der Waals surface area contributed by atoms with Gasteiger partial charge in [-0.3, -0.25) is 19.2 Å². The number of aliphatic carboxylic acids is 1. The third-order valence-electron chi connectivity index (χ3n) is 15.0. The van der Waals surface area contributed by atoms with Crippen molar-refractivity contribution >= 4 is 29.6 Å². The smallest absolute Gasteiger partial charge is 0.364 e. The summed E-state index contributed by atoms with van der Waals surface area (Å²) in [7, 11) is 0. The average molecular weight is 1230 g/mol. The first-order chi connectivity index (χ1) is 39.4. The zero-order valence-corrected chi connectivity index (χ0v) is 45.7. The van der Waals surface area contributed by atoms with Gasteiger partial charge in [0.1, 0.15) is 134 Å². The van der Waals surface area contributed by atoms with Crippen LogP contribution in [0.25, 0.3) is 0 Å². The summed E-state index contributed by atoms with van der Waals surface area (Å²) in [5.41, 5.74) is 0. The van der Waals surface area contributed by atoms with Gasteiger partial charge in [-0.25, -0.2) is 4.79 Å². The molecule has 6 aliphatic rings. The largest absolute Gasteiger partial charge is 0.477 e. The van der Waals surface area contributed by atoms with Crippen molar-refractivity contribution < 1.29 is 163 Å². The van der Waals surface area contributed by atoms with Crippen LogP contribution in [0.2, 0.25) is 0 Å². The Bertz CT molecular complexity index is 2200. The molecule has 6 fully saturated rings. The molecule has 0 aliphatic carbocycles. The van der Waals surface area contributed by atoms with Crippen LogP contribution in [0.1, 0.15) is 41.0 Å². The molecule has 0 aromatic heterocycles. The number of aliphatic hydroxyl groups is 16. The van der Waals surface area contributed by atoms with Crippen LogP contribution in [0.4, 0.5) is 0 Å². The lowest BCUT2D eigenvalue weighted by Crippen LogP contribution is -2.71. The molecule has 4 amide bonds. The fraction of sp³-hybridized carbons (Fsp3) is 0.894. The zero-order valence-electron chi connectivity index (χ0n) is 45.7. The van der Waals surface area contributed by atoms with Gasteiger partial charge < -0.3 is 160 Å². The second-order valence-corrected chi connectivity index (χ2v) is 21.1. The fourth-order valence-electron chi connectivity index (χ4n) is 10.6. The number of rotatable bonds is 22. The van der Waals surface area contributed by atoms with Crippen LogP contribution in [-0.4, -0.2) is 339 Å². The molecule has 0 bridgehead atoms. The Kier molecular flexibility index (Phi) is 24.4. The number of nitrogens with one attached hydrogen (secondary N) is 4. The number of carboxylic acids is 1. The van der Waals surface area contributed by atoms with Crippen molar-refractivity contribution in [2.24, 2.45) is 0 Å². The van der Waals surface area contributed by atoms with Crippen molar-refractivity contribution in [1.29, 1.82) is 0 Å². The highest BCUT2D eigenvalue weighted by Gasteiger charge is 2.60. The van der Waals surface area contributed by atoms with Crippen LogP contribution >= 0.6 is 0 Å². The number of hydrogen-bond donors (Lipinski definition) is 21. The summed E-state index contributed by atoms with van der Waals surface area (Å²) in [6.45, 7) is -0.209. The molecule has 0 spiro atoms. The van der Waals surface area contributed by atoms with E-state index in [-0.39, 0.29) is 0 Å². The highest BCUT2D eigenvalue weighted by molar-refractivity contribution is 5.77. The molecule has 0 aromatic carbocycles. The van der Waals surface area contributed by atoms with Crippen LogP contribution in [0.15, 0.2) is 0 Å². The van der Waals surface area contributed by atoms with Crippen LogP contribution in [0.5, 0.6) is 0 Å². The third kappa shape index (κ3) is 15.4. The number of hydrogen-bond acceptors (Lipinski definition) is 32. The van der Waals surface area contributed by atoms with Crippen LogP contribution in [0, 0.1) is 0 Å². The van der Waals surface area contributed by atoms with E-state index >= 15 is 0 Å². The molecule has 6 rings (SSSR count). The Balaban J connectivity index is 1.33. The summed E-state index contributed by atoms with van der Waals surface area (Å²) in [5.74, 6) is -8.42. The van der Waals surface area contributed by atoms with Crippen molar-refractivity contribution in [3.05, 3.63) is 0 Å². The molecule has 0 aromatic rings. The van der Waals surface area contributed by atoms with E-state index in [1.807, 2.05) is 0 Å². The summed E-state index contributed by atoms with van der Waals surface area (Å²) in [6.07, 6.45) is -52.4. The first-order valence-corrected chi connectivity index (χ1v) is 26.6. The molecular formula is C47H78N4O33. The second-order valence-electron chi connectivity index (χ2n) is 21.1.